The van der Waals surface area contributed by atoms with E-state index in [0.29, 0.717) is 45.1 Å². The van der Waals surface area contributed by atoms with Gasteiger partial charge in [-0.2, -0.15) is 0 Å². The fourth-order valence-electron chi connectivity index (χ4n) is 8.68. The van der Waals surface area contributed by atoms with E-state index in [1.807, 2.05) is 141 Å². The maximum atomic E-state index is 13.8. The van der Waals surface area contributed by atoms with E-state index in [2.05, 4.69) is 31.9 Å². The van der Waals surface area contributed by atoms with Gasteiger partial charge in [-0.3, -0.25) is 33.6 Å². The Labute approximate surface area is 415 Å². The van der Waals surface area contributed by atoms with Crippen LogP contribution in [0.4, 0.5) is 0 Å². The third kappa shape index (κ3) is 16.2. The molecule has 14 heteroatoms. The van der Waals surface area contributed by atoms with Crippen LogP contribution in [-0.2, 0) is 52.8 Å². The first-order valence-corrected chi connectivity index (χ1v) is 24.7. The number of benzene rings is 6. The Bertz CT molecular complexity index is 2830. The van der Waals surface area contributed by atoms with Gasteiger partial charge in [-0.25, -0.2) is 0 Å². The summed E-state index contributed by atoms with van der Waals surface area (Å²) in [7, 11) is 0. The molecular formula is C57H67N7O7. The lowest BCUT2D eigenvalue weighted by molar-refractivity contribution is -0.132. The summed E-state index contributed by atoms with van der Waals surface area (Å²) in [6.45, 7) is 5.65. The maximum absolute atomic E-state index is 13.8. The highest BCUT2D eigenvalue weighted by Gasteiger charge is 2.29. The van der Waals surface area contributed by atoms with Crippen LogP contribution in [0.15, 0.2) is 127 Å². The molecule has 0 unspecified atom stereocenters. The summed E-state index contributed by atoms with van der Waals surface area (Å²) in [5.74, 6) is -3.02. The van der Waals surface area contributed by atoms with Gasteiger partial charge in [-0.05, 0) is 80.6 Å². The highest BCUT2D eigenvalue weighted by molar-refractivity contribution is 5.93. The number of rotatable bonds is 26. The number of hydrogen-bond donors (Lipinski definition) is 7. The summed E-state index contributed by atoms with van der Waals surface area (Å²) < 4.78 is 0. The number of nitrogens with two attached hydrogens (primary N) is 1. The van der Waals surface area contributed by atoms with Crippen molar-refractivity contribution in [3.05, 3.63) is 144 Å². The molecule has 0 aliphatic carbocycles. The van der Waals surface area contributed by atoms with Gasteiger partial charge < -0.3 is 37.6 Å². The Morgan fingerprint density at radius 1 is 0.465 bits per heavy atom. The van der Waals surface area contributed by atoms with E-state index in [0.717, 1.165) is 49.0 Å². The van der Waals surface area contributed by atoms with Crippen LogP contribution in [0.25, 0.3) is 32.3 Å². The minimum absolute atomic E-state index is 0.0814. The van der Waals surface area contributed by atoms with Crippen LogP contribution in [0.3, 0.4) is 0 Å². The maximum Gasteiger partial charge on any atom is 0.243 e. The highest BCUT2D eigenvalue weighted by Crippen LogP contribution is 2.20. The average Bonchev–Trinajstić information content (AvgIpc) is 3.36. The number of carbonyl (C=O) groups is 7. The molecule has 0 saturated heterocycles. The molecule has 14 nitrogen and oxygen atoms in total. The van der Waals surface area contributed by atoms with Gasteiger partial charge in [0.1, 0.15) is 24.2 Å². The Hall–Kier alpha value is -7.61. The fourth-order valence-corrected chi connectivity index (χ4v) is 8.68. The van der Waals surface area contributed by atoms with Crippen molar-refractivity contribution in [1.29, 1.82) is 0 Å². The number of carbonyl (C=O) groups excluding carboxylic acids is 7. The molecule has 0 spiro atoms. The van der Waals surface area contributed by atoms with Crippen LogP contribution in [-0.4, -0.2) is 78.6 Å². The van der Waals surface area contributed by atoms with E-state index < -0.39 is 36.0 Å². The smallest absolute Gasteiger partial charge is 0.243 e. The first-order valence-electron chi connectivity index (χ1n) is 24.7. The molecule has 6 rings (SSSR count). The molecule has 0 bridgehead atoms. The lowest BCUT2D eigenvalue weighted by Crippen LogP contribution is -2.55. The molecule has 372 valence electrons. The zero-order chi connectivity index (χ0) is 50.7. The SMILES string of the molecule is CC[C@H](C)[C@H](NC(=O)[C@H](Cc1ccc2ccccc2c1)NC(=O)CCCCNC(=O)[C@H](Cc1ccc2ccccc2c1)NC(=O)CCCCNC(=O)[C@H](Cc1ccc2ccccc2c1)NC(C)=O)C(N)=O. The lowest BCUT2D eigenvalue weighted by Gasteiger charge is -2.25. The van der Waals surface area contributed by atoms with Crippen molar-refractivity contribution in [2.24, 2.45) is 11.7 Å². The monoisotopic (exact) mass is 962 g/mol. The van der Waals surface area contributed by atoms with Crippen molar-refractivity contribution < 1.29 is 33.6 Å². The molecule has 0 aromatic heterocycles. The van der Waals surface area contributed by atoms with Crippen molar-refractivity contribution in [2.45, 2.75) is 109 Å². The zero-order valence-corrected chi connectivity index (χ0v) is 40.9. The molecule has 0 radical (unpaired) electrons. The lowest BCUT2D eigenvalue weighted by atomic mass is 9.97. The standard InChI is InChI=1S/C57H67N7O7/c1-4-37(2)53(54(58)68)64-57(71)50(36-41-25-28-44-17-7-10-20-47(44)33-41)63-52(67)22-12-14-30-60-56(70)49(35-40-24-27-43-16-6-9-19-46(43)32-40)62-51(66)21-11-13-29-59-55(69)48(61-38(3)65)34-39-23-26-42-15-5-8-18-45(42)31-39/h5-10,15-20,23-28,31-33,37,48-50,53H,4,11-14,21-22,29-30,34-36H2,1-3H3,(H2,58,68)(H,59,69)(H,60,70)(H,61,65)(H,62,66)(H,63,67)(H,64,71)/t37-,48-,49-,50-,53-/m0/s1. The normalized spacial score (nSPS) is 13.3. The molecule has 0 heterocycles. The van der Waals surface area contributed by atoms with Gasteiger partial charge in [-0.1, -0.05) is 148 Å². The van der Waals surface area contributed by atoms with Crippen molar-refractivity contribution in [1.82, 2.24) is 31.9 Å². The highest BCUT2D eigenvalue weighted by atomic mass is 16.2. The summed E-state index contributed by atoms with van der Waals surface area (Å²) in [6.07, 6.45) is 3.38. The van der Waals surface area contributed by atoms with Crippen molar-refractivity contribution >= 4 is 73.7 Å². The minimum atomic E-state index is -0.971. The van der Waals surface area contributed by atoms with E-state index in [9.17, 15) is 33.6 Å². The zero-order valence-electron chi connectivity index (χ0n) is 40.9. The largest absolute Gasteiger partial charge is 0.368 e. The fraction of sp³-hybridized carbons (Fsp3) is 0.351. The van der Waals surface area contributed by atoms with Crippen LogP contribution in [0.5, 0.6) is 0 Å². The molecule has 0 saturated carbocycles. The molecule has 0 fully saturated rings. The van der Waals surface area contributed by atoms with Crippen LogP contribution in [0.2, 0.25) is 0 Å². The topological polar surface area (TPSA) is 218 Å². The summed E-state index contributed by atoms with van der Waals surface area (Å²) in [6, 6.07) is 37.9. The first kappa shape index (κ1) is 52.8. The van der Waals surface area contributed by atoms with Gasteiger partial charge >= 0.3 is 0 Å². The number of fused-ring (bicyclic) bond motifs is 3. The van der Waals surface area contributed by atoms with Gasteiger partial charge in [0.05, 0.1) is 0 Å². The number of amides is 7. The Morgan fingerprint density at radius 2 is 0.831 bits per heavy atom. The second kappa shape index (κ2) is 26.4. The molecule has 8 N–H and O–H groups in total. The van der Waals surface area contributed by atoms with Crippen LogP contribution >= 0.6 is 0 Å². The summed E-state index contributed by atoms with van der Waals surface area (Å²) in [5, 5.41) is 23.4. The van der Waals surface area contributed by atoms with Gasteiger partial charge in [0.15, 0.2) is 0 Å². The minimum Gasteiger partial charge on any atom is -0.368 e. The van der Waals surface area contributed by atoms with Gasteiger partial charge in [-0.15, -0.1) is 0 Å². The predicted molar refractivity (Wildman–Crippen MR) is 279 cm³/mol. The second-order valence-electron chi connectivity index (χ2n) is 18.4. The summed E-state index contributed by atoms with van der Waals surface area (Å²) in [4.78, 5) is 91.7. The van der Waals surface area contributed by atoms with Crippen LogP contribution in [0, 0.1) is 5.92 Å². The number of unbranched alkanes of at least 4 members (excludes halogenated alkanes) is 2. The molecule has 6 aromatic rings. The van der Waals surface area contributed by atoms with E-state index >= 15 is 0 Å². The summed E-state index contributed by atoms with van der Waals surface area (Å²) in [5.41, 5.74) is 8.29. The van der Waals surface area contributed by atoms with Crippen molar-refractivity contribution in [3.8, 4) is 0 Å². The molecule has 6 aromatic carbocycles. The molecule has 71 heavy (non-hydrogen) atoms. The third-order valence-corrected chi connectivity index (χ3v) is 12.8. The molecule has 0 aliphatic rings. The third-order valence-electron chi connectivity index (χ3n) is 12.8. The molecule has 5 atom stereocenters. The molecular weight excluding hydrogens is 895 g/mol. The summed E-state index contributed by atoms with van der Waals surface area (Å²) >= 11 is 0. The Balaban J connectivity index is 0.997. The Kier molecular flexibility index (Phi) is 19.6. The first-order chi connectivity index (χ1) is 34.3. The van der Waals surface area contributed by atoms with Crippen molar-refractivity contribution in [2.75, 3.05) is 13.1 Å². The predicted octanol–water partition coefficient (Wildman–Crippen LogP) is 6.24. The van der Waals surface area contributed by atoms with Crippen LogP contribution in [0.1, 0.15) is 82.4 Å². The Morgan fingerprint density at radius 3 is 1.20 bits per heavy atom. The van der Waals surface area contributed by atoms with Crippen LogP contribution < -0.4 is 37.6 Å². The number of hydrogen-bond acceptors (Lipinski definition) is 7. The van der Waals surface area contributed by atoms with Crippen molar-refractivity contribution in [3.63, 3.8) is 0 Å². The quantitative estimate of drug-likeness (QED) is 0.0311. The van der Waals surface area contributed by atoms with E-state index in [4.69, 9.17) is 5.73 Å². The average molecular weight is 962 g/mol. The van der Waals surface area contributed by atoms with Gasteiger partial charge in [0, 0.05) is 52.1 Å². The molecule has 7 amide bonds. The second-order valence-corrected chi connectivity index (χ2v) is 18.4. The molecule has 0 aliphatic heterocycles. The number of nitrogens with one attached hydrogen (secondary N) is 6. The van der Waals surface area contributed by atoms with E-state index in [-0.39, 0.29) is 67.7 Å². The van der Waals surface area contributed by atoms with Gasteiger partial charge in [0.2, 0.25) is 41.4 Å². The van der Waals surface area contributed by atoms with E-state index in [1.54, 1.807) is 0 Å². The van der Waals surface area contributed by atoms with Gasteiger partial charge in [0.25, 0.3) is 0 Å². The van der Waals surface area contributed by atoms with E-state index in [1.165, 1.54) is 6.92 Å². The number of primary amides is 1.